The Labute approximate surface area is 97.3 Å². The van der Waals surface area contributed by atoms with Gasteiger partial charge in [-0.1, -0.05) is 19.1 Å². The lowest BCUT2D eigenvalue weighted by Crippen LogP contribution is -2.47. The summed E-state index contributed by atoms with van der Waals surface area (Å²) in [7, 11) is 2.02. The molecule has 1 aliphatic heterocycles. The van der Waals surface area contributed by atoms with Crippen LogP contribution in [0.5, 0.6) is 0 Å². The minimum absolute atomic E-state index is 0.290. The van der Waals surface area contributed by atoms with Gasteiger partial charge in [-0.2, -0.15) is 0 Å². The molecule has 1 rings (SSSR count). The maximum Gasteiger partial charge on any atom is 0.0869 e. The van der Waals surface area contributed by atoms with Gasteiger partial charge in [-0.15, -0.1) is 0 Å². The van der Waals surface area contributed by atoms with E-state index in [9.17, 15) is 0 Å². The Kier molecular flexibility index (Phi) is 5.45. The van der Waals surface area contributed by atoms with Gasteiger partial charge in [0.2, 0.25) is 0 Å². The summed E-state index contributed by atoms with van der Waals surface area (Å²) in [4.78, 5) is 5.07. The highest BCUT2D eigenvalue weighted by Crippen LogP contribution is 2.05. The van der Waals surface area contributed by atoms with Crippen molar-refractivity contribution in [2.45, 2.75) is 13.0 Å². The molecule has 1 fully saturated rings. The van der Waals surface area contributed by atoms with Gasteiger partial charge in [0.1, 0.15) is 0 Å². The average molecular weight is 231 g/mol. The van der Waals surface area contributed by atoms with Crippen molar-refractivity contribution in [2.24, 2.45) is 5.73 Å². The molecule has 1 unspecified atom stereocenters. The summed E-state index contributed by atoms with van der Waals surface area (Å²) in [6, 6.07) is 0. The molecule has 1 aliphatic rings. The highest BCUT2D eigenvalue weighted by atomic mass is 32.1. The minimum atomic E-state index is 0.290. The number of rotatable bonds is 5. The normalized spacial score (nSPS) is 23.3. The molecule has 15 heavy (non-hydrogen) atoms. The van der Waals surface area contributed by atoms with Crippen LogP contribution >= 0.6 is 12.2 Å². The van der Waals surface area contributed by atoms with Gasteiger partial charge in [-0.25, -0.2) is 0 Å². The zero-order chi connectivity index (χ0) is 11.3. The Morgan fingerprint density at radius 1 is 1.67 bits per heavy atom. The monoisotopic (exact) mass is 231 g/mol. The fourth-order valence-corrected chi connectivity index (χ4v) is 2.08. The smallest absolute Gasteiger partial charge is 0.0869 e. The number of hydrogen-bond acceptors (Lipinski definition) is 4. The number of morpholine rings is 1. The highest BCUT2D eigenvalue weighted by molar-refractivity contribution is 7.80. The number of nitrogens with two attached hydrogens (primary N) is 1. The molecule has 0 aliphatic carbocycles. The van der Waals surface area contributed by atoms with Gasteiger partial charge in [-0.3, -0.25) is 9.80 Å². The molecule has 0 aromatic rings. The van der Waals surface area contributed by atoms with Crippen LogP contribution in [0.1, 0.15) is 6.92 Å². The van der Waals surface area contributed by atoms with E-state index in [1.54, 1.807) is 0 Å². The van der Waals surface area contributed by atoms with Gasteiger partial charge in [0.05, 0.1) is 17.7 Å². The minimum Gasteiger partial charge on any atom is -0.392 e. The van der Waals surface area contributed by atoms with Gasteiger partial charge in [0.25, 0.3) is 0 Å². The Hall–Kier alpha value is -0.230. The predicted molar refractivity (Wildman–Crippen MR) is 66.1 cm³/mol. The summed E-state index contributed by atoms with van der Waals surface area (Å²) in [6.07, 6.45) is 0.290. The topological polar surface area (TPSA) is 41.7 Å². The lowest BCUT2D eigenvalue weighted by Gasteiger charge is -2.34. The van der Waals surface area contributed by atoms with Gasteiger partial charge in [-0.05, 0) is 13.6 Å². The third kappa shape index (κ3) is 4.88. The first kappa shape index (κ1) is 12.8. The van der Waals surface area contributed by atoms with Crippen LogP contribution in [0.3, 0.4) is 0 Å². The first-order chi connectivity index (χ1) is 7.11. The number of likely N-dealkylation sites (N-methyl/N-ethyl adjacent to an activating group) is 2. The number of ether oxygens (including phenoxy) is 1. The van der Waals surface area contributed by atoms with E-state index in [-0.39, 0.29) is 6.10 Å². The highest BCUT2D eigenvalue weighted by Gasteiger charge is 2.20. The maximum atomic E-state index is 5.69. The summed E-state index contributed by atoms with van der Waals surface area (Å²) < 4.78 is 5.69. The lowest BCUT2D eigenvalue weighted by molar-refractivity contribution is -0.0373. The Morgan fingerprint density at radius 3 is 3.00 bits per heavy atom. The van der Waals surface area contributed by atoms with Crippen molar-refractivity contribution in [3.8, 4) is 0 Å². The number of nitrogens with zero attached hydrogens (tertiary/aromatic N) is 2. The van der Waals surface area contributed by atoms with E-state index in [1.807, 2.05) is 7.05 Å². The van der Waals surface area contributed by atoms with Crippen molar-refractivity contribution in [3.05, 3.63) is 0 Å². The van der Waals surface area contributed by atoms with Crippen LogP contribution in [0.25, 0.3) is 0 Å². The number of hydrogen-bond donors (Lipinski definition) is 1. The fourth-order valence-electron chi connectivity index (χ4n) is 1.86. The molecule has 0 bridgehead atoms. The van der Waals surface area contributed by atoms with E-state index in [1.165, 1.54) is 0 Å². The molecule has 2 N–H and O–H groups in total. The van der Waals surface area contributed by atoms with E-state index >= 15 is 0 Å². The standard InChI is InChI=1S/C10H21N3OS/c1-3-13-4-5-14-9(7-13)6-12(2)8-10(11)15/h9H,3-8H2,1-2H3,(H2,11,15). The van der Waals surface area contributed by atoms with Crippen LogP contribution in [0.2, 0.25) is 0 Å². The molecule has 0 aromatic carbocycles. The van der Waals surface area contributed by atoms with Gasteiger partial charge in [0, 0.05) is 26.2 Å². The molecular weight excluding hydrogens is 210 g/mol. The molecule has 0 radical (unpaired) electrons. The SMILES string of the molecule is CCN1CCOC(CN(C)CC(N)=S)C1. The van der Waals surface area contributed by atoms with E-state index in [4.69, 9.17) is 22.7 Å². The molecule has 1 atom stereocenters. The Morgan fingerprint density at radius 2 is 2.40 bits per heavy atom. The molecule has 0 saturated carbocycles. The molecule has 4 nitrogen and oxygen atoms in total. The summed E-state index contributed by atoms with van der Waals surface area (Å²) in [5.74, 6) is 0. The van der Waals surface area contributed by atoms with Crippen molar-refractivity contribution >= 4 is 17.2 Å². The summed E-state index contributed by atoms with van der Waals surface area (Å²) >= 11 is 4.87. The van der Waals surface area contributed by atoms with Crippen molar-refractivity contribution < 1.29 is 4.74 Å². The fraction of sp³-hybridized carbons (Fsp3) is 0.900. The third-order valence-corrected chi connectivity index (χ3v) is 2.74. The second kappa shape index (κ2) is 6.37. The van der Waals surface area contributed by atoms with Gasteiger partial charge < -0.3 is 10.5 Å². The Bertz CT molecular complexity index is 213. The summed E-state index contributed by atoms with van der Waals surface area (Å²) in [5.41, 5.74) is 5.49. The van der Waals surface area contributed by atoms with Crippen LogP contribution in [-0.2, 0) is 4.74 Å². The van der Waals surface area contributed by atoms with E-state index in [0.717, 1.165) is 32.8 Å². The predicted octanol–water partition coefficient (Wildman–Crippen LogP) is -0.0750. The lowest BCUT2D eigenvalue weighted by atomic mass is 10.2. The molecule has 0 spiro atoms. The maximum absolute atomic E-state index is 5.69. The summed E-state index contributed by atoms with van der Waals surface area (Å²) in [5, 5.41) is 0. The first-order valence-electron chi connectivity index (χ1n) is 5.42. The van der Waals surface area contributed by atoms with E-state index in [0.29, 0.717) is 11.5 Å². The largest absolute Gasteiger partial charge is 0.392 e. The average Bonchev–Trinajstić information content (AvgIpc) is 2.16. The third-order valence-electron chi connectivity index (χ3n) is 2.61. The van der Waals surface area contributed by atoms with Crippen molar-refractivity contribution in [3.63, 3.8) is 0 Å². The first-order valence-corrected chi connectivity index (χ1v) is 5.83. The quantitative estimate of drug-likeness (QED) is 0.671. The zero-order valence-corrected chi connectivity index (χ0v) is 10.4. The van der Waals surface area contributed by atoms with Gasteiger partial charge >= 0.3 is 0 Å². The van der Waals surface area contributed by atoms with Crippen molar-refractivity contribution in [2.75, 3.05) is 46.4 Å². The van der Waals surface area contributed by atoms with Crippen LogP contribution in [0.4, 0.5) is 0 Å². The molecule has 1 heterocycles. The van der Waals surface area contributed by atoms with Crippen LogP contribution in [-0.4, -0.2) is 67.3 Å². The van der Waals surface area contributed by atoms with Crippen LogP contribution in [0.15, 0.2) is 0 Å². The van der Waals surface area contributed by atoms with Crippen molar-refractivity contribution in [1.29, 1.82) is 0 Å². The zero-order valence-electron chi connectivity index (χ0n) is 9.61. The van der Waals surface area contributed by atoms with Crippen LogP contribution in [0, 0.1) is 0 Å². The van der Waals surface area contributed by atoms with Crippen molar-refractivity contribution in [1.82, 2.24) is 9.80 Å². The Balaban J connectivity index is 2.27. The van der Waals surface area contributed by atoms with E-state index < -0.39 is 0 Å². The molecule has 88 valence electrons. The molecule has 5 heteroatoms. The molecular formula is C10H21N3OS. The van der Waals surface area contributed by atoms with Crippen LogP contribution < -0.4 is 5.73 Å². The second-order valence-electron chi connectivity index (χ2n) is 4.05. The summed E-state index contributed by atoms with van der Waals surface area (Å²) in [6.45, 7) is 7.73. The molecule has 0 amide bonds. The second-order valence-corrected chi connectivity index (χ2v) is 4.57. The van der Waals surface area contributed by atoms with E-state index in [2.05, 4.69) is 16.7 Å². The number of thiocarbonyl (C=S) groups is 1. The molecule has 1 saturated heterocycles. The molecule has 0 aromatic heterocycles. The van der Waals surface area contributed by atoms with Gasteiger partial charge in [0.15, 0.2) is 0 Å².